The standard InChI is InChI=1S/C10H15N3O2S3/c11-10(16)8-4-5-9(17-8)18(14,15)12-13-6-2-1-3-7-13/h4-5,12H,1-3,6-7H2,(H2,11,16). The highest BCUT2D eigenvalue weighted by Gasteiger charge is 2.21. The maximum absolute atomic E-state index is 12.1. The van der Waals surface area contributed by atoms with E-state index in [2.05, 4.69) is 4.83 Å². The number of thiocarbonyl (C=S) groups is 1. The number of sulfonamides is 1. The normalized spacial score (nSPS) is 17.8. The lowest BCUT2D eigenvalue weighted by Gasteiger charge is -2.26. The highest BCUT2D eigenvalue weighted by molar-refractivity contribution is 7.91. The fourth-order valence-electron chi connectivity index (χ4n) is 1.80. The van der Waals surface area contributed by atoms with Crippen molar-refractivity contribution in [3.8, 4) is 0 Å². The van der Waals surface area contributed by atoms with Crippen molar-refractivity contribution in [1.82, 2.24) is 9.84 Å². The smallest absolute Gasteiger partial charge is 0.262 e. The topological polar surface area (TPSA) is 75.4 Å². The Balaban J connectivity index is 2.11. The second kappa shape index (κ2) is 5.62. The van der Waals surface area contributed by atoms with Gasteiger partial charge in [0.15, 0.2) is 0 Å². The fraction of sp³-hybridized carbons (Fsp3) is 0.500. The first-order chi connectivity index (χ1) is 8.49. The Morgan fingerprint density at radius 3 is 2.56 bits per heavy atom. The van der Waals surface area contributed by atoms with Gasteiger partial charge in [-0.1, -0.05) is 18.6 Å². The van der Waals surface area contributed by atoms with Gasteiger partial charge in [-0.3, -0.25) is 0 Å². The summed E-state index contributed by atoms with van der Waals surface area (Å²) in [5.74, 6) is 0. The molecule has 0 radical (unpaired) electrons. The van der Waals surface area contributed by atoms with Crippen molar-refractivity contribution in [1.29, 1.82) is 0 Å². The van der Waals surface area contributed by atoms with Crippen molar-refractivity contribution in [2.75, 3.05) is 13.1 Å². The van der Waals surface area contributed by atoms with Gasteiger partial charge in [0.25, 0.3) is 10.0 Å². The van der Waals surface area contributed by atoms with Gasteiger partial charge in [0.1, 0.15) is 9.20 Å². The van der Waals surface area contributed by atoms with E-state index in [0.29, 0.717) is 4.88 Å². The molecule has 1 saturated heterocycles. The van der Waals surface area contributed by atoms with Crippen LogP contribution in [-0.4, -0.2) is 31.5 Å². The van der Waals surface area contributed by atoms with E-state index < -0.39 is 10.0 Å². The molecule has 0 unspecified atom stereocenters. The molecule has 100 valence electrons. The molecule has 1 aromatic rings. The summed E-state index contributed by atoms with van der Waals surface area (Å²) >= 11 is 5.92. The molecule has 1 aliphatic rings. The maximum Gasteiger partial charge on any atom is 0.262 e. The average molecular weight is 305 g/mol. The molecule has 0 atom stereocenters. The van der Waals surface area contributed by atoms with Crippen LogP contribution in [0.2, 0.25) is 0 Å². The summed E-state index contributed by atoms with van der Waals surface area (Å²) < 4.78 is 24.5. The Kier molecular flexibility index (Phi) is 4.33. The van der Waals surface area contributed by atoms with Gasteiger partial charge in [-0.05, 0) is 25.0 Å². The zero-order valence-corrected chi connectivity index (χ0v) is 12.2. The number of nitrogens with one attached hydrogen (secondary N) is 1. The minimum Gasteiger partial charge on any atom is -0.389 e. The number of nitrogens with zero attached hydrogens (tertiary/aromatic N) is 1. The van der Waals surface area contributed by atoms with Crippen LogP contribution in [0.1, 0.15) is 24.1 Å². The van der Waals surface area contributed by atoms with Crippen molar-refractivity contribution in [3.63, 3.8) is 0 Å². The van der Waals surface area contributed by atoms with Crippen LogP contribution in [0.3, 0.4) is 0 Å². The zero-order chi connectivity index (χ0) is 13.2. The molecule has 0 aromatic carbocycles. The van der Waals surface area contributed by atoms with E-state index in [1.807, 2.05) is 0 Å². The van der Waals surface area contributed by atoms with Gasteiger partial charge in [-0.2, -0.15) is 0 Å². The van der Waals surface area contributed by atoms with Crippen LogP contribution in [0.4, 0.5) is 0 Å². The summed E-state index contributed by atoms with van der Waals surface area (Å²) in [5.41, 5.74) is 5.47. The molecule has 0 amide bonds. The summed E-state index contributed by atoms with van der Waals surface area (Å²) in [7, 11) is -3.49. The first kappa shape index (κ1) is 13.9. The van der Waals surface area contributed by atoms with E-state index in [0.717, 1.165) is 43.7 Å². The number of hydrogen-bond acceptors (Lipinski definition) is 5. The Morgan fingerprint density at radius 1 is 1.33 bits per heavy atom. The molecule has 2 heterocycles. The van der Waals surface area contributed by atoms with Crippen molar-refractivity contribution < 1.29 is 8.42 Å². The Labute approximate surface area is 116 Å². The first-order valence-corrected chi connectivity index (χ1v) is 8.37. The van der Waals surface area contributed by atoms with E-state index in [1.165, 1.54) is 6.07 Å². The molecule has 2 rings (SSSR count). The van der Waals surface area contributed by atoms with Gasteiger partial charge >= 0.3 is 0 Å². The average Bonchev–Trinajstić information content (AvgIpc) is 2.79. The molecule has 1 fully saturated rings. The number of hydrogen-bond donors (Lipinski definition) is 2. The Morgan fingerprint density at radius 2 is 2.00 bits per heavy atom. The Bertz CT molecular complexity index is 532. The second-order valence-corrected chi connectivity index (χ2v) is 7.54. The zero-order valence-electron chi connectivity index (χ0n) is 9.76. The highest BCUT2D eigenvalue weighted by Crippen LogP contribution is 2.22. The van der Waals surface area contributed by atoms with E-state index in [-0.39, 0.29) is 9.20 Å². The van der Waals surface area contributed by atoms with Crippen molar-refractivity contribution in [2.45, 2.75) is 23.5 Å². The maximum atomic E-state index is 12.1. The van der Waals surface area contributed by atoms with Gasteiger partial charge < -0.3 is 5.73 Å². The third-order valence-corrected chi connectivity index (χ3v) is 6.03. The monoisotopic (exact) mass is 305 g/mol. The summed E-state index contributed by atoms with van der Waals surface area (Å²) in [5, 5.41) is 1.75. The van der Waals surface area contributed by atoms with Gasteiger partial charge in [0, 0.05) is 13.1 Å². The molecule has 3 N–H and O–H groups in total. The molecular weight excluding hydrogens is 290 g/mol. The molecule has 1 aromatic heterocycles. The van der Waals surface area contributed by atoms with Gasteiger partial charge in [-0.15, -0.1) is 16.2 Å². The molecule has 1 aliphatic heterocycles. The van der Waals surface area contributed by atoms with Gasteiger partial charge in [-0.25, -0.2) is 13.4 Å². The summed E-state index contributed by atoms with van der Waals surface area (Å²) in [4.78, 5) is 3.43. The van der Waals surface area contributed by atoms with Crippen LogP contribution in [0.25, 0.3) is 0 Å². The summed E-state index contributed by atoms with van der Waals surface area (Å²) in [6.45, 7) is 1.51. The molecule has 0 spiro atoms. The third kappa shape index (κ3) is 3.27. The van der Waals surface area contributed by atoms with E-state index in [9.17, 15) is 8.42 Å². The molecule has 0 bridgehead atoms. The fourth-order valence-corrected chi connectivity index (χ4v) is 4.26. The lowest BCUT2D eigenvalue weighted by atomic mass is 10.2. The largest absolute Gasteiger partial charge is 0.389 e. The molecular formula is C10H15N3O2S3. The molecule has 8 heteroatoms. The van der Waals surface area contributed by atoms with E-state index in [1.54, 1.807) is 11.1 Å². The van der Waals surface area contributed by atoms with E-state index in [4.69, 9.17) is 18.0 Å². The van der Waals surface area contributed by atoms with Crippen LogP contribution < -0.4 is 10.6 Å². The van der Waals surface area contributed by atoms with Crippen LogP contribution in [-0.2, 0) is 10.0 Å². The van der Waals surface area contributed by atoms with Crippen molar-refractivity contribution >= 4 is 38.6 Å². The minimum absolute atomic E-state index is 0.222. The lowest BCUT2D eigenvalue weighted by Crippen LogP contribution is -2.44. The van der Waals surface area contributed by atoms with Crippen LogP contribution in [0.15, 0.2) is 16.3 Å². The molecule has 0 saturated carbocycles. The van der Waals surface area contributed by atoms with Gasteiger partial charge in [0.05, 0.1) is 4.88 Å². The molecule has 0 aliphatic carbocycles. The van der Waals surface area contributed by atoms with Crippen molar-refractivity contribution in [3.05, 3.63) is 17.0 Å². The third-order valence-electron chi connectivity index (χ3n) is 2.69. The van der Waals surface area contributed by atoms with Gasteiger partial charge in [0.2, 0.25) is 0 Å². The minimum atomic E-state index is -3.49. The second-order valence-electron chi connectivity index (χ2n) is 4.13. The molecule has 18 heavy (non-hydrogen) atoms. The molecule has 5 nitrogen and oxygen atoms in total. The number of thiophene rings is 1. The summed E-state index contributed by atoms with van der Waals surface area (Å²) in [6.07, 6.45) is 3.19. The SMILES string of the molecule is NC(=S)c1ccc(S(=O)(=O)NN2CCCCC2)s1. The quantitative estimate of drug-likeness (QED) is 0.814. The van der Waals surface area contributed by atoms with Crippen LogP contribution in [0, 0.1) is 0 Å². The predicted molar refractivity (Wildman–Crippen MR) is 76.0 cm³/mol. The number of nitrogens with two attached hydrogens (primary N) is 1. The number of piperidine rings is 1. The first-order valence-electron chi connectivity index (χ1n) is 5.66. The predicted octanol–water partition coefficient (Wildman–Crippen LogP) is 1.06. The van der Waals surface area contributed by atoms with Crippen LogP contribution >= 0.6 is 23.6 Å². The Hall–Kier alpha value is -0.540. The van der Waals surface area contributed by atoms with Crippen LogP contribution in [0.5, 0.6) is 0 Å². The number of hydrazine groups is 1. The van der Waals surface area contributed by atoms with E-state index >= 15 is 0 Å². The summed E-state index contributed by atoms with van der Waals surface area (Å²) in [6, 6.07) is 3.17. The number of rotatable bonds is 4. The highest BCUT2D eigenvalue weighted by atomic mass is 32.2. The van der Waals surface area contributed by atoms with Crippen molar-refractivity contribution in [2.24, 2.45) is 5.73 Å². The lowest BCUT2D eigenvalue weighted by molar-refractivity contribution is 0.200.